The molecule has 524 valence electrons. The van der Waals surface area contributed by atoms with E-state index in [4.69, 9.17) is 24.7 Å². The lowest BCUT2D eigenvalue weighted by Gasteiger charge is -2.41. The Bertz CT molecular complexity index is 2790. The molecule has 1 aliphatic carbocycles. The number of nitrogens with two attached hydrogens (primary N) is 1. The molecular formula is C68H107N11O15. The van der Waals surface area contributed by atoms with E-state index in [0.29, 0.717) is 57.2 Å². The molecule has 1 aromatic rings. The Kier molecular flexibility index (Phi) is 32.9. The maximum atomic E-state index is 14.8. The van der Waals surface area contributed by atoms with Crippen LogP contribution in [0.25, 0.3) is 0 Å². The largest absolute Gasteiger partial charge is 0.449 e. The summed E-state index contributed by atoms with van der Waals surface area (Å²) >= 11 is 0. The minimum absolute atomic E-state index is 0.0722. The van der Waals surface area contributed by atoms with Gasteiger partial charge in [-0.05, 0) is 87.2 Å². The molecule has 12 amide bonds. The summed E-state index contributed by atoms with van der Waals surface area (Å²) in [5, 5.41) is 19.5. The van der Waals surface area contributed by atoms with Gasteiger partial charge in [-0.1, -0.05) is 118 Å². The van der Waals surface area contributed by atoms with Gasteiger partial charge in [-0.2, -0.15) is 0 Å². The number of likely N-dealkylation sites (tertiary alicyclic amines) is 1. The van der Waals surface area contributed by atoms with Crippen molar-refractivity contribution in [2.45, 2.75) is 200 Å². The van der Waals surface area contributed by atoms with Crippen molar-refractivity contribution in [3.8, 4) is 0 Å². The van der Waals surface area contributed by atoms with Gasteiger partial charge in [0.15, 0.2) is 0 Å². The Morgan fingerprint density at radius 1 is 0.713 bits per heavy atom. The first kappa shape index (κ1) is 78.7. The van der Waals surface area contributed by atoms with Crippen molar-refractivity contribution in [1.29, 1.82) is 0 Å². The maximum absolute atomic E-state index is 14.8. The van der Waals surface area contributed by atoms with Gasteiger partial charge >= 0.3 is 12.1 Å². The molecule has 3 aliphatic rings. The van der Waals surface area contributed by atoms with Crippen LogP contribution in [0.2, 0.25) is 0 Å². The van der Waals surface area contributed by atoms with Crippen molar-refractivity contribution >= 4 is 65.3 Å². The quantitative estimate of drug-likeness (QED) is 0.0323. The van der Waals surface area contributed by atoms with Crippen LogP contribution in [0.1, 0.15) is 152 Å². The van der Waals surface area contributed by atoms with Gasteiger partial charge in [0, 0.05) is 78.2 Å². The predicted molar refractivity (Wildman–Crippen MR) is 353 cm³/mol. The normalized spacial score (nSPS) is 19.0. The van der Waals surface area contributed by atoms with Crippen molar-refractivity contribution in [2.24, 2.45) is 41.2 Å². The molecule has 2 aliphatic heterocycles. The Morgan fingerprint density at radius 2 is 1.35 bits per heavy atom. The minimum Gasteiger partial charge on any atom is -0.449 e. The van der Waals surface area contributed by atoms with E-state index in [1.807, 2.05) is 51.1 Å². The van der Waals surface area contributed by atoms with Gasteiger partial charge in [0.1, 0.15) is 30.3 Å². The van der Waals surface area contributed by atoms with Crippen LogP contribution in [0, 0.1) is 35.5 Å². The van der Waals surface area contributed by atoms with Crippen molar-refractivity contribution in [1.82, 2.24) is 51.9 Å². The number of nitrogens with one attached hydrogen (secondary N) is 7. The molecular weight excluding hydrogens is 1210 g/mol. The van der Waals surface area contributed by atoms with Crippen LogP contribution in [-0.2, 0) is 62.1 Å². The summed E-state index contributed by atoms with van der Waals surface area (Å²) in [6, 6.07) is 3.26. The summed E-state index contributed by atoms with van der Waals surface area (Å²) < 4.78 is 23.5. The highest BCUT2D eigenvalue weighted by Crippen LogP contribution is 2.31. The molecule has 0 spiro atoms. The number of rotatable bonds is 39. The van der Waals surface area contributed by atoms with E-state index in [9.17, 15) is 52.7 Å². The average Bonchev–Trinajstić information content (AvgIpc) is 1.41. The first-order chi connectivity index (χ1) is 44.6. The summed E-state index contributed by atoms with van der Waals surface area (Å²) in [4.78, 5) is 151. The van der Waals surface area contributed by atoms with Crippen molar-refractivity contribution < 1.29 is 71.7 Å². The summed E-state index contributed by atoms with van der Waals surface area (Å²) in [5.74, 6) is -6.07. The van der Waals surface area contributed by atoms with E-state index in [1.165, 1.54) is 19.3 Å². The molecule has 26 nitrogen and oxygen atoms in total. The number of hydrogen-bond donors (Lipinski definition) is 8. The van der Waals surface area contributed by atoms with Gasteiger partial charge in [0.2, 0.25) is 41.4 Å². The van der Waals surface area contributed by atoms with Gasteiger partial charge in [-0.25, -0.2) is 9.59 Å². The highest BCUT2D eigenvalue weighted by Gasteiger charge is 2.44. The lowest BCUT2D eigenvalue weighted by molar-refractivity contribution is -0.148. The second-order valence-corrected chi connectivity index (χ2v) is 25.9. The molecule has 4 rings (SSSR count). The molecule has 13 atom stereocenters. The summed E-state index contributed by atoms with van der Waals surface area (Å²) in [5.41, 5.74) is 6.58. The lowest BCUT2D eigenvalue weighted by Crippen LogP contribution is -2.60. The number of alkyl carbamates (subject to hydrolysis) is 1. The predicted octanol–water partition coefficient (Wildman–Crippen LogP) is 4.83. The van der Waals surface area contributed by atoms with Gasteiger partial charge in [0.05, 0.1) is 49.3 Å². The van der Waals surface area contributed by atoms with E-state index < -0.39 is 102 Å². The number of carbonyl (C=O) groups is 11. The fourth-order valence-electron chi connectivity index (χ4n) is 12.2. The fourth-order valence-corrected chi connectivity index (χ4v) is 12.2. The topological polar surface area (TPSA) is 345 Å². The van der Waals surface area contributed by atoms with Gasteiger partial charge in [-0.15, -0.1) is 0 Å². The van der Waals surface area contributed by atoms with Crippen molar-refractivity contribution in [2.75, 3.05) is 54.6 Å². The van der Waals surface area contributed by atoms with E-state index >= 15 is 0 Å². The van der Waals surface area contributed by atoms with Crippen molar-refractivity contribution in [3.05, 3.63) is 72.0 Å². The Hall–Kier alpha value is -7.71. The number of nitrogens with zero attached hydrogens (tertiary/aromatic N) is 3. The zero-order valence-electron chi connectivity index (χ0n) is 57.7. The third-order valence-corrected chi connectivity index (χ3v) is 17.9. The number of imide groups is 1. The van der Waals surface area contributed by atoms with E-state index in [2.05, 4.69) is 37.2 Å². The Morgan fingerprint density at radius 3 is 1.93 bits per heavy atom. The van der Waals surface area contributed by atoms with E-state index in [1.54, 1.807) is 97.8 Å². The summed E-state index contributed by atoms with van der Waals surface area (Å²) in [7, 11) is 6.30. The SMILES string of the molecule is CC[C@H](C)C([C@@H](CC(=O)N1CCC[C@H]1[C@H](OC)[C@@H](C)C(=O)N[C@H](C)[C@@H](OC)c1ccccc1)OC)N(C)C(=O)[C@@H](NC(=O)[C@@H](NC(=O)OCC1C=CC(NC(=O)[C@H](CCCNC(N)=O)NC(=O)[C@@H](NC(=O)CCCCCN2C(=O)C=CC2=O)C(C)C)=CC1)C(C)C)C(C)C. The van der Waals surface area contributed by atoms with E-state index in [0.717, 1.165) is 10.5 Å². The number of primary amides is 1. The van der Waals surface area contributed by atoms with Crippen LogP contribution in [-0.4, -0.2) is 189 Å². The number of amides is 12. The minimum atomic E-state index is -1.11. The molecule has 0 saturated carbocycles. The van der Waals surface area contributed by atoms with Crippen LogP contribution in [0.15, 0.2) is 66.4 Å². The second kappa shape index (κ2) is 39.2. The number of methoxy groups -OCH3 is 3. The number of hydrogen-bond acceptors (Lipinski definition) is 15. The number of benzene rings is 1. The monoisotopic (exact) mass is 1320 g/mol. The molecule has 0 radical (unpaired) electrons. The van der Waals surface area contributed by atoms with Crippen LogP contribution in [0.4, 0.5) is 9.59 Å². The lowest BCUT2D eigenvalue weighted by atomic mass is 9.89. The molecule has 0 bridgehead atoms. The third-order valence-electron chi connectivity index (χ3n) is 17.9. The number of ether oxygens (including phenoxy) is 4. The Labute approximate surface area is 555 Å². The summed E-state index contributed by atoms with van der Waals surface area (Å²) in [6.45, 7) is 19.0. The molecule has 2 heterocycles. The number of allylic oxidation sites excluding steroid dienone is 2. The van der Waals surface area contributed by atoms with Crippen molar-refractivity contribution in [3.63, 3.8) is 0 Å². The summed E-state index contributed by atoms with van der Waals surface area (Å²) in [6.07, 6.45) is 9.10. The highest BCUT2D eigenvalue weighted by molar-refractivity contribution is 6.12. The number of carbonyl (C=O) groups excluding carboxylic acids is 11. The zero-order chi connectivity index (χ0) is 69.9. The number of likely N-dealkylation sites (N-methyl/N-ethyl adjacent to an activating group) is 1. The highest BCUT2D eigenvalue weighted by atomic mass is 16.5. The standard InChI is InChI=1S/C68H107N11O15/c1-15-43(8)59(51(91-12)38-55(83)78-37-23-27-50(78)60(92-13)44(9)62(84)71-45(10)61(93-14)47-24-18-16-19-25-47)77(11)66(88)58(42(6)7)75-65(87)57(41(4)5)76-68(90)94-39-46-29-31-48(32-30-46)72-63(85)49(26-22-35-70-67(69)89)73-64(86)56(40(2)3)74-52(80)28-20-17-21-36-79-53(81)33-34-54(79)82/h16,18-19,24-25,29,31-34,40-46,49-51,56-61H,15,17,20-23,26-28,30,35-39H2,1-14H3,(H,71,84)(H,72,85)(H,73,86)(H,74,80)(H,75,87)(H,76,90)(H3,69,70,89)/t43-,44+,45+,46?,49-,50-,51+,56-,57-,58-,59?,60+,61+/m0/s1. The van der Waals surface area contributed by atoms with Gasteiger partial charge in [0.25, 0.3) is 11.8 Å². The van der Waals surface area contributed by atoms with Gasteiger partial charge in [-0.3, -0.25) is 48.1 Å². The molecule has 1 aromatic carbocycles. The Balaban J connectivity index is 1.33. The molecule has 9 N–H and O–H groups in total. The smallest absolute Gasteiger partial charge is 0.407 e. The molecule has 94 heavy (non-hydrogen) atoms. The molecule has 1 fully saturated rings. The maximum Gasteiger partial charge on any atom is 0.407 e. The molecule has 2 unspecified atom stereocenters. The first-order valence-electron chi connectivity index (χ1n) is 33.2. The van der Waals surface area contributed by atoms with Crippen LogP contribution >= 0.6 is 0 Å². The molecule has 1 saturated heterocycles. The van der Waals surface area contributed by atoms with Crippen LogP contribution in [0.5, 0.6) is 0 Å². The van der Waals surface area contributed by atoms with E-state index in [-0.39, 0.29) is 105 Å². The molecule has 0 aromatic heterocycles. The first-order valence-corrected chi connectivity index (χ1v) is 33.2. The number of urea groups is 1. The molecule has 26 heteroatoms. The van der Waals surface area contributed by atoms with Gasteiger partial charge < -0.3 is 71.7 Å². The fraction of sp³-hybridized carbons (Fsp3) is 0.662. The van der Waals surface area contributed by atoms with Crippen LogP contribution in [0.3, 0.4) is 0 Å². The zero-order valence-corrected chi connectivity index (χ0v) is 57.7. The second-order valence-electron chi connectivity index (χ2n) is 25.9. The third kappa shape index (κ3) is 23.6. The average molecular weight is 1320 g/mol. The number of unbranched alkanes of at least 4 members (excludes halogenated alkanes) is 2. The van der Waals surface area contributed by atoms with Crippen LogP contribution < -0.4 is 43.0 Å².